The Morgan fingerprint density at radius 3 is 2.43 bits per heavy atom. The highest BCUT2D eigenvalue weighted by molar-refractivity contribution is 9.10. The second-order valence-corrected chi connectivity index (χ2v) is 9.52. The van der Waals surface area contributed by atoms with Crippen molar-refractivity contribution in [1.29, 1.82) is 5.26 Å². The van der Waals surface area contributed by atoms with Crippen molar-refractivity contribution >= 4 is 51.2 Å². The number of carbonyl (C=O) groups excluding carboxylic acids is 3. The summed E-state index contributed by atoms with van der Waals surface area (Å²) in [6, 6.07) is 11.7. The second kappa shape index (κ2) is 11.7. The molecule has 194 valence electrons. The second-order valence-electron chi connectivity index (χ2n) is 7.62. The minimum absolute atomic E-state index is 0.00223. The number of carbonyl (C=O) groups is 3. The SMILES string of the molecule is COC(=O)[C@H]1C(=O)NC(SCC(=O)Nc2ccc(Br)cc2C(F)(F)F)=C(C#N)[C@@H]1c1ccc(OC)cc1. The van der Waals surface area contributed by atoms with Gasteiger partial charge in [0.05, 0.1) is 47.9 Å². The predicted octanol–water partition coefficient (Wildman–Crippen LogP) is 4.59. The third-order valence-corrected chi connectivity index (χ3v) is 6.88. The molecule has 0 spiro atoms. The average molecular weight is 598 g/mol. The van der Waals surface area contributed by atoms with Crippen LogP contribution < -0.4 is 15.4 Å². The lowest BCUT2D eigenvalue weighted by atomic mass is 9.78. The number of hydrogen-bond donors (Lipinski definition) is 2. The molecule has 2 atom stereocenters. The van der Waals surface area contributed by atoms with E-state index in [1.54, 1.807) is 24.3 Å². The molecule has 0 radical (unpaired) electrons. The van der Waals surface area contributed by atoms with Crippen LogP contribution in [-0.4, -0.2) is 37.8 Å². The van der Waals surface area contributed by atoms with Crippen molar-refractivity contribution in [1.82, 2.24) is 5.32 Å². The Balaban J connectivity index is 1.90. The van der Waals surface area contributed by atoms with Gasteiger partial charge in [-0.2, -0.15) is 18.4 Å². The van der Waals surface area contributed by atoms with E-state index in [-0.39, 0.29) is 15.1 Å². The zero-order chi connectivity index (χ0) is 27.3. The molecule has 2 aromatic carbocycles. The van der Waals surface area contributed by atoms with Gasteiger partial charge in [-0.15, -0.1) is 0 Å². The van der Waals surface area contributed by atoms with Crippen molar-refractivity contribution in [2.24, 2.45) is 5.92 Å². The number of nitrogens with zero attached hydrogens (tertiary/aromatic N) is 1. The summed E-state index contributed by atoms with van der Waals surface area (Å²) in [6.45, 7) is 0. The number of rotatable bonds is 7. The smallest absolute Gasteiger partial charge is 0.418 e. The zero-order valence-electron chi connectivity index (χ0n) is 19.3. The number of amides is 2. The number of benzene rings is 2. The number of esters is 1. The van der Waals surface area contributed by atoms with Gasteiger partial charge in [0, 0.05) is 10.4 Å². The summed E-state index contributed by atoms with van der Waals surface area (Å²) in [5, 5.41) is 14.6. The Hall–Kier alpha value is -3.50. The van der Waals surface area contributed by atoms with E-state index in [1.807, 2.05) is 6.07 Å². The van der Waals surface area contributed by atoms with Crippen LogP contribution in [0, 0.1) is 17.2 Å². The van der Waals surface area contributed by atoms with E-state index in [0.717, 1.165) is 31.0 Å². The number of nitriles is 1. The molecule has 2 aromatic rings. The van der Waals surface area contributed by atoms with Gasteiger partial charge >= 0.3 is 12.1 Å². The first-order valence-corrected chi connectivity index (χ1v) is 12.2. The molecule has 37 heavy (non-hydrogen) atoms. The van der Waals surface area contributed by atoms with Crippen molar-refractivity contribution < 1.29 is 37.0 Å². The fourth-order valence-electron chi connectivity index (χ4n) is 3.67. The molecule has 2 N–H and O–H groups in total. The summed E-state index contributed by atoms with van der Waals surface area (Å²) in [4.78, 5) is 37.8. The largest absolute Gasteiger partial charge is 0.497 e. The van der Waals surface area contributed by atoms with E-state index < -0.39 is 52.8 Å². The molecule has 1 heterocycles. The molecule has 0 fully saturated rings. The minimum Gasteiger partial charge on any atom is -0.497 e. The van der Waals surface area contributed by atoms with Crippen molar-refractivity contribution in [2.45, 2.75) is 12.1 Å². The molecule has 0 aromatic heterocycles. The molecule has 8 nitrogen and oxygen atoms in total. The minimum atomic E-state index is -4.71. The van der Waals surface area contributed by atoms with Gasteiger partial charge in [-0.1, -0.05) is 39.8 Å². The van der Waals surface area contributed by atoms with Crippen LogP contribution in [0.1, 0.15) is 17.0 Å². The van der Waals surface area contributed by atoms with E-state index in [2.05, 4.69) is 26.6 Å². The van der Waals surface area contributed by atoms with Gasteiger partial charge in [0.1, 0.15) is 11.7 Å². The van der Waals surface area contributed by atoms with Crippen LogP contribution >= 0.6 is 27.7 Å². The number of nitrogens with one attached hydrogen (secondary N) is 2. The Bertz CT molecular complexity index is 1290. The molecular formula is C24H19BrF3N3O5S. The molecule has 0 saturated carbocycles. The highest BCUT2D eigenvalue weighted by Gasteiger charge is 2.44. The van der Waals surface area contributed by atoms with E-state index in [9.17, 15) is 32.8 Å². The number of methoxy groups -OCH3 is 2. The van der Waals surface area contributed by atoms with Crippen LogP contribution in [0.5, 0.6) is 5.75 Å². The number of anilines is 1. The van der Waals surface area contributed by atoms with E-state index in [1.165, 1.54) is 13.2 Å². The molecule has 0 aliphatic carbocycles. The lowest BCUT2D eigenvalue weighted by Gasteiger charge is -2.31. The first-order chi connectivity index (χ1) is 17.5. The number of alkyl halides is 3. The summed E-state index contributed by atoms with van der Waals surface area (Å²) in [6.07, 6.45) is -4.71. The van der Waals surface area contributed by atoms with E-state index >= 15 is 0 Å². The normalized spacial score (nSPS) is 17.5. The number of allylic oxidation sites excluding steroid dienone is 1. The lowest BCUT2D eigenvalue weighted by Crippen LogP contribution is -2.44. The monoisotopic (exact) mass is 597 g/mol. The third kappa shape index (κ3) is 6.44. The van der Waals surface area contributed by atoms with Gasteiger partial charge in [0.25, 0.3) is 0 Å². The summed E-state index contributed by atoms with van der Waals surface area (Å²) in [7, 11) is 2.58. The van der Waals surface area contributed by atoms with Gasteiger partial charge in [0.2, 0.25) is 11.8 Å². The fourth-order valence-corrected chi connectivity index (χ4v) is 4.88. The molecule has 0 saturated heterocycles. The quantitative estimate of drug-likeness (QED) is 0.354. The Kier molecular flexibility index (Phi) is 8.88. The van der Waals surface area contributed by atoms with Gasteiger partial charge < -0.3 is 20.1 Å². The van der Waals surface area contributed by atoms with Crippen LogP contribution in [0.4, 0.5) is 18.9 Å². The van der Waals surface area contributed by atoms with Crippen molar-refractivity contribution in [3.8, 4) is 11.8 Å². The van der Waals surface area contributed by atoms with Crippen LogP contribution in [0.3, 0.4) is 0 Å². The first-order valence-electron chi connectivity index (χ1n) is 10.5. The first kappa shape index (κ1) is 28.1. The molecular weight excluding hydrogens is 579 g/mol. The molecule has 13 heteroatoms. The van der Waals surface area contributed by atoms with Gasteiger partial charge in [-0.3, -0.25) is 14.4 Å². The average Bonchev–Trinajstić information content (AvgIpc) is 2.87. The number of ether oxygens (including phenoxy) is 2. The Morgan fingerprint density at radius 1 is 1.19 bits per heavy atom. The molecule has 0 bridgehead atoms. The van der Waals surface area contributed by atoms with Crippen LogP contribution in [-0.2, 0) is 25.3 Å². The number of halogens is 4. The van der Waals surface area contributed by atoms with Crippen molar-refractivity contribution in [2.75, 3.05) is 25.3 Å². The van der Waals surface area contributed by atoms with Crippen LogP contribution in [0.2, 0.25) is 0 Å². The maximum absolute atomic E-state index is 13.4. The topological polar surface area (TPSA) is 118 Å². The maximum Gasteiger partial charge on any atom is 0.418 e. The van der Waals surface area contributed by atoms with E-state index in [4.69, 9.17) is 9.47 Å². The zero-order valence-corrected chi connectivity index (χ0v) is 21.7. The molecule has 2 amide bonds. The summed E-state index contributed by atoms with van der Waals surface area (Å²) in [5.41, 5.74) is -1.03. The van der Waals surface area contributed by atoms with Crippen molar-refractivity contribution in [3.63, 3.8) is 0 Å². The van der Waals surface area contributed by atoms with Crippen molar-refractivity contribution in [3.05, 3.63) is 68.7 Å². The highest BCUT2D eigenvalue weighted by atomic mass is 79.9. The fraction of sp³-hybridized carbons (Fsp3) is 0.250. The molecule has 1 aliphatic rings. The molecule has 0 unspecified atom stereocenters. The van der Waals surface area contributed by atoms with Gasteiger partial charge in [-0.25, -0.2) is 0 Å². The Labute approximate surface area is 222 Å². The van der Waals surface area contributed by atoms with Gasteiger partial charge in [-0.05, 0) is 35.9 Å². The Morgan fingerprint density at radius 2 is 1.86 bits per heavy atom. The highest BCUT2D eigenvalue weighted by Crippen LogP contribution is 2.41. The predicted molar refractivity (Wildman–Crippen MR) is 132 cm³/mol. The number of thioether (sulfide) groups is 1. The summed E-state index contributed by atoms with van der Waals surface area (Å²) >= 11 is 3.73. The summed E-state index contributed by atoms with van der Waals surface area (Å²) in [5.74, 6) is -4.71. The number of hydrogen-bond acceptors (Lipinski definition) is 7. The van der Waals surface area contributed by atoms with Crippen LogP contribution in [0.25, 0.3) is 0 Å². The lowest BCUT2D eigenvalue weighted by molar-refractivity contribution is -0.150. The van der Waals surface area contributed by atoms with Crippen LogP contribution in [0.15, 0.2) is 57.5 Å². The molecule has 3 rings (SSSR count). The van der Waals surface area contributed by atoms with E-state index in [0.29, 0.717) is 11.3 Å². The summed E-state index contributed by atoms with van der Waals surface area (Å²) < 4.78 is 50.2. The van der Waals surface area contributed by atoms with Gasteiger partial charge in [0.15, 0.2) is 0 Å². The maximum atomic E-state index is 13.4. The standard InChI is InChI=1S/C24H19BrF3N3O5S/c1-35-14-6-3-12(4-7-14)19-15(10-29)22(31-21(33)20(19)23(34)36-2)37-11-18(32)30-17-8-5-13(25)9-16(17)24(26,27)28/h3-9,19-20H,11H2,1-2H3,(H,30,32)(H,31,33)/t19-,20+/m0/s1. The third-order valence-electron chi connectivity index (χ3n) is 5.37. The molecule has 1 aliphatic heterocycles.